The van der Waals surface area contributed by atoms with Crippen LogP contribution in [-0.4, -0.2) is 31.5 Å². The van der Waals surface area contributed by atoms with Crippen molar-refractivity contribution < 1.29 is 14.3 Å². The van der Waals surface area contributed by atoms with Crippen molar-refractivity contribution in [2.75, 3.05) is 24.3 Å². The Bertz CT molecular complexity index is 792. The smallest absolute Gasteiger partial charge is 0.257 e. The van der Waals surface area contributed by atoms with E-state index in [2.05, 4.69) is 16.0 Å². The number of benzene rings is 2. The summed E-state index contributed by atoms with van der Waals surface area (Å²) < 4.78 is 5.17. The Morgan fingerprint density at radius 2 is 1.96 bits per heavy atom. The maximum Gasteiger partial charge on any atom is 0.257 e. The SMILES string of the molecule is COc1cccc(NC(=O)c2ccccc2NC(=O)CC2CCCN2)c1.Cl. The lowest BCUT2D eigenvalue weighted by Gasteiger charge is -2.14. The highest BCUT2D eigenvalue weighted by molar-refractivity contribution is 6.10. The number of anilines is 2. The zero-order valence-electron chi connectivity index (χ0n) is 15.2. The molecular formula is C20H24ClN3O3. The van der Waals surface area contributed by atoms with Crippen molar-refractivity contribution in [1.82, 2.24) is 5.32 Å². The third-order valence-electron chi connectivity index (χ3n) is 4.37. The lowest BCUT2D eigenvalue weighted by Crippen LogP contribution is -2.28. The maximum atomic E-state index is 12.6. The number of hydrogen-bond acceptors (Lipinski definition) is 4. The first kappa shape index (κ1) is 20.7. The largest absolute Gasteiger partial charge is 0.497 e. The molecule has 1 atom stereocenters. The lowest BCUT2D eigenvalue weighted by molar-refractivity contribution is -0.116. The van der Waals surface area contributed by atoms with Crippen LogP contribution in [0.4, 0.5) is 11.4 Å². The molecule has 0 saturated carbocycles. The van der Waals surface area contributed by atoms with Crippen LogP contribution >= 0.6 is 12.4 Å². The number of rotatable bonds is 6. The number of ether oxygens (including phenoxy) is 1. The summed E-state index contributed by atoms with van der Waals surface area (Å²) in [7, 11) is 1.57. The second-order valence-corrected chi connectivity index (χ2v) is 6.28. The summed E-state index contributed by atoms with van der Waals surface area (Å²) in [6.07, 6.45) is 2.51. The van der Waals surface area contributed by atoms with Gasteiger partial charge in [0.2, 0.25) is 5.91 Å². The molecular weight excluding hydrogens is 366 g/mol. The van der Waals surface area contributed by atoms with Crippen LogP contribution < -0.4 is 20.7 Å². The minimum absolute atomic E-state index is 0. The fraction of sp³-hybridized carbons (Fsp3) is 0.300. The Morgan fingerprint density at radius 3 is 2.70 bits per heavy atom. The van der Waals surface area contributed by atoms with Gasteiger partial charge in [-0.2, -0.15) is 0 Å². The zero-order chi connectivity index (χ0) is 18.4. The third kappa shape index (κ3) is 5.70. The quantitative estimate of drug-likeness (QED) is 0.707. The van der Waals surface area contributed by atoms with Crippen LogP contribution in [0.25, 0.3) is 0 Å². The van der Waals surface area contributed by atoms with Crippen LogP contribution in [0.15, 0.2) is 48.5 Å². The molecule has 6 nitrogen and oxygen atoms in total. The van der Waals surface area contributed by atoms with Crippen molar-refractivity contribution in [2.24, 2.45) is 0 Å². The Hall–Kier alpha value is -2.57. The van der Waals surface area contributed by atoms with Crippen molar-refractivity contribution in [3.8, 4) is 5.75 Å². The van der Waals surface area contributed by atoms with E-state index in [1.807, 2.05) is 0 Å². The van der Waals surface area contributed by atoms with Crippen LogP contribution in [0.1, 0.15) is 29.6 Å². The molecule has 1 saturated heterocycles. The lowest BCUT2D eigenvalue weighted by atomic mass is 10.1. The first-order chi connectivity index (χ1) is 12.7. The molecule has 144 valence electrons. The molecule has 1 aliphatic heterocycles. The van der Waals surface area contributed by atoms with Crippen LogP contribution in [0, 0.1) is 0 Å². The van der Waals surface area contributed by atoms with E-state index in [0.717, 1.165) is 19.4 Å². The van der Waals surface area contributed by atoms with Gasteiger partial charge in [0.1, 0.15) is 5.75 Å². The zero-order valence-corrected chi connectivity index (χ0v) is 16.0. The summed E-state index contributed by atoms with van der Waals surface area (Å²) in [5, 5.41) is 9.00. The monoisotopic (exact) mass is 389 g/mol. The molecule has 27 heavy (non-hydrogen) atoms. The molecule has 1 fully saturated rings. The highest BCUT2D eigenvalue weighted by atomic mass is 35.5. The summed E-state index contributed by atoms with van der Waals surface area (Å²) in [6.45, 7) is 0.956. The molecule has 0 radical (unpaired) electrons. The molecule has 2 aromatic rings. The molecule has 0 bridgehead atoms. The molecule has 3 N–H and O–H groups in total. The van der Waals surface area contributed by atoms with E-state index in [1.54, 1.807) is 55.6 Å². The minimum atomic E-state index is -0.284. The van der Waals surface area contributed by atoms with E-state index < -0.39 is 0 Å². The van der Waals surface area contributed by atoms with E-state index in [1.165, 1.54) is 0 Å². The van der Waals surface area contributed by atoms with Gasteiger partial charge in [-0.05, 0) is 43.7 Å². The molecule has 0 spiro atoms. The maximum absolute atomic E-state index is 12.6. The highest BCUT2D eigenvalue weighted by Gasteiger charge is 2.19. The molecule has 7 heteroatoms. The van der Waals surface area contributed by atoms with Gasteiger partial charge in [0.25, 0.3) is 5.91 Å². The number of hydrogen-bond donors (Lipinski definition) is 3. The van der Waals surface area contributed by atoms with Crippen LogP contribution in [0.5, 0.6) is 5.75 Å². The topological polar surface area (TPSA) is 79.5 Å². The number of para-hydroxylation sites is 1. The summed E-state index contributed by atoms with van der Waals surface area (Å²) >= 11 is 0. The normalized spacial score (nSPS) is 15.5. The Kier molecular flexibility index (Phi) is 7.64. The van der Waals surface area contributed by atoms with Gasteiger partial charge in [-0.3, -0.25) is 9.59 Å². The summed E-state index contributed by atoms with van der Waals surface area (Å²) in [5.74, 6) is 0.285. The minimum Gasteiger partial charge on any atom is -0.497 e. The fourth-order valence-electron chi connectivity index (χ4n) is 3.05. The number of methoxy groups -OCH3 is 1. The molecule has 0 aromatic heterocycles. The number of nitrogens with one attached hydrogen (secondary N) is 3. The van der Waals surface area contributed by atoms with Gasteiger partial charge >= 0.3 is 0 Å². The third-order valence-corrected chi connectivity index (χ3v) is 4.37. The highest BCUT2D eigenvalue weighted by Crippen LogP contribution is 2.21. The van der Waals surface area contributed by atoms with E-state index >= 15 is 0 Å². The van der Waals surface area contributed by atoms with Crippen molar-refractivity contribution >= 4 is 35.6 Å². The second-order valence-electron chi connectivity index (χ2n) is 6.28. The van der Waals surface area contributed by atoms with Crippen LogP contribution in [-0.2, 0) is 4.79 Å². The number of carbonyl (C=O) groups excluding carboxylic acids is 2. The molecule has 1 unspecified atom stereocenters. The van der Waals surface area contributed by atoms with Crippen LogP contribution in [0.3, 0.4) is 0 Å². The van der Waals surface area contributed by atoms with Gasteiger partial charge < -0.3 is 20.7 Å². The summed E-state index contributed by atoms with van der Waals surface area (Å²) in [4.78, 5) is 24.9. The Balaban J connectivity index is 0.00000261. The molecule has 2 amide bonds. The first-order valence-corrected chi connectivity index (χ1v) is 8.73. The summed E-state index contributed by atoms with van der Waals surface area (Å²) in [6, 6.07) is 14.4. The molecule has 1 heterocycles. The van der Waals surface area contributed by atoms with Gasteiger partial charge in [0.15, 0.2) is 0 Å². The predicted molar refractivity (Wildman–Crippen MR) is 109 cm³/mol. The standard InChI is InChI=1S/C20H23N3O3.ClH/c1-26-16-8-4-6-15(12-16)22-20(25)17-9-2-3-10-18(17)23-19(24)13-14-7-5-11-21-14;/h2-4,6,8-10,12,14,21H,5,7,11,13H2,1H3,(H,22,25)(H,23,24);1H. The fourth-order valence-corrected chi connectivity index (χ4v) is 3.05. The van der Waals surface area contributed by atoms with Gasteiger partial charge in [0, 0.05) is 24.2 Å². The number of amides is 2. The Morgan fingerprint density at radius 1 is 1.15 bits per heavy atom. The van der Waals surface area contributed by atoms with E-state index in [0.29, 0.717) is 29.1 Å². The van der Waals surface area contributed by atoms with Gasteiger partial charge in [-0.15, -0.1) is 12.4 Å². The number of halogens is 1. The predicted octanol–water partition coefficient (Wildman–Crippen LogP) is 3.45. The molecule has 0 aliphatic carbocycles. The average molecular weight is 390 g/mol. The Labute approximate surface area is 165 Å². The van der Waals surface area contributed by atoms with Gasteiger partial charge in [-0.25, -0.2) is 0 Å². The van der Waals surface area contributed by atoms with Gasteiger partial charge in [-0.1, -0.05) is 18.2 Å². The van der Waals surface area contributed by atoms with Crippen molar-refractivity contribution in [1.29, 1.82) is 0 Å². The summed E-state index contributed by atoms with van der Waals surface area (Å²) in [5.41, 5.74) is 1.56. The van der Waals surface area contributed by atoms with Crippen molar-refractivity contribution in [2.45, 2.75) is 25.3 Å². The first-order valence-electron chi connectivity index (χ1n) is 8.73. The van der Waals surface area contributed by atoms with Crippen molar-refractivity contribution in [3.63, 3.8) is 0 Å². The molecule has 2 aromatic carbocycles. The molecule has 1 aliphatic rings. The van der Waals surface area contributed by atoms with E-state index in [4.69, 9.17) is 4.74 Å². The van der Waals surface area contributed by atoms with E-state index in [9.17, 15) is 9.59 Å². The van der Waals surface area contributed by atoms with E-state index in [-0.39, 0.29) is 30.3 Å². The molecule has 3 rings (SSSR count). The van der Waals surface area contributed by atoms with Crippen molar-refractivity contribution in [3.05, 3.63) is 54.1 Å². The average Bonchev–Trinajstić information content (AvgIpc) is 3.15. The number of carbonyl (C=O) groups is 2. The second kappa shape index (κ2) is 9.94. The van der Waals surface area contributed by atoms with Gasteiger partial charge in [0.05, 0.1) is 18.4 Å². The van der Waals surface area contributed by atoms with Crippen LogP contribution in [0.2, 0.25) is 0 Å².